The summed E-state index contributed by atoms with van der Waals surface area (Å²) in [7, 11) is 0. The van der Waals surface area contributed by atoms with Crippen LogP contribution in [0.1, 0.15) is 127 Å². The topological polar surface area (TPSA) is 138 Å². The van der Waals surface area contributed by atoms with Crippen molar-refractivity contribution < 1.29 is 24.0 Å². The lowest BCUT2D eigenvalue weighted by atomic mass is 9.85. The number of hydrogen-bond acceptors (Lipinski definition) is 7. The number of nitrogens with one attached hydrogen (secondary N) is 2. The average molecular weight is 713 g/mol. The number of aromatic amines is 2. The fraction of sp³-hybridized carbons (Fsp3) is 0.405. The number of aromatic nitrogens is 4. The lowest BCUT2D eigenvalue weighted by Gasteiger charge is -2.18. The van der Waals surface area contributed by atoms with Gasteiger partial charge < -0.3 is 14.8 Å². The molecule has 2 amide bonds. The second-order valence-electron chi connectivity index (χ2n) is 13.2. The van der Waals surface area contributed by atoms with E-state index in [1.165, 1.54) is 11.1 Å². The second kappa shape index (κ2) is 11.9. The van der Waals surface area contributed by atoms with Gasteiger partial charge in [-0.15, -0.1) is 5.06 Å². The van der Waals surface area contributed by atoms with Crippen molar-refractivity contribution in [1.82, 2.24) is 25.0 Å². The van der Waals surface area contributed by atoms with E-state index < -0.39 is 17.8 Å². The molecule has 0 unspecified atom stereocenters. The van der Waals surface area contributed by atoms with Gasteiger partial charge in [0.05, 0.1) is 38.3 Å². The van der Waals surface area contributed by atoms with Crippen molar-refractivity contribution in [2.24, 2.45) is 0 Å². The number of carbonyl (C=O) groups excluding carboxylic acids is 4. The molecule has 10 nitrogen and oxygen atoms in total. The third-order valence-electron chi connectivity index (χ3n) is 10.5. The Hall–Kier alpha value is -4.38. The van der Waals surface area contributed by atoms with Crippen LogP contribution in [0.3, 0.4) is 0 Å². The Kier molecular flexibility index (Phi) is 8.01. The fourth-order valence-electron chi connectivity index (χ4n) is 7.83. The fourth-order valence-corrected chi connectivity index (χ4v) is 8.67. The van der Waals surface area contributed by atoms with Crippen LogP contribution in [0.2, 0.25) is 0 Å². The van der Waals surface area contributed by atoms with Crippen LogP contribution in [-0.4, -0.2) is 48.6 Å². The SMILES string of the molecule is CCC1=C(C)c2cc3[nH]c(c(C)c3CC)c(Br)c3nc(c4c5[nH]c(cc1n2)c(C)c5C(=O)C4)[C@@H](CCC(=O)ON1C(=O)CCC1=O)[C@@H]3C. The molecule has 8 bridgehead atoms. The summed E-state index contributed by atoms with van der Waals surface area (Å²) in [4.78, 5) is 73.5. The van der Waals surface area contributed by atoms with Crippen LogP contribution in [0.5, 0.6) is 0 Å². The first-order chi connectivity index (χ1) is 22.9. The first-order valence-corrected chi connectivity index (χ1v) is 17.5. The second-order valence-corrected chi connectivity index (χ2v) is 14.0. The zero-order valence-electron chi connectivity index (χ0n) is 28.0. The molecule has 48 heavy (non-hydrogen) atoms. The first kappa shape index (κ1) is 32.2. The van der Waals surface area contributed by atoms with Crippen molar-refractivity contribution in [1.29, 1.82) is 0 Å². The Morgan fingerprint density at radius 1 is 0.938 bits per heavy atom. The predicted molar refractivity (Wildman–Crippen MR) is 186 cm³/mol. The maximum absolute atomic E-state index is 13.6. The van der Waals surface area contributed by atoms with Crippen LogP contribution in [-0.2, 0) is 32.1 Å². The molecule has 0 radical (unpaired) electrons. The van der Waals surface area contributed by atoms with Gasteiger partial charge in [-0.2, -0.15) is 0 Å². The van der Waals surface area contributed by atoms with E-state index in [1.807, 2.05) is 6.92 Å². The standard InChI is InChI=1S/C37H38BrN5O5/c1-7-20-16(3)24-14-27-21(8-2)17(4)34(41-27)33(38)35-18(5)22(9-12-31(47)48-43-29(45)10-11-30(43)46)36(42-35)23-13-28(44)32-19(6)25(40-37(23)32)15-26(20)39-24/h14-15,18,22,40-41H,7-13H2,1-6H3/t18-,22-/m0/s1. The highest BCUT2D eigenvalue weighted by Crippen LogP contribution is 2.47. The molecule has 248 valence electrons. The van der Waals surface area contributed by atoms with Crippen LogP contribution in [0.25, 0.3) is 33.2 Å². The molecular formula is C37H38BrN5O5. The molecule has 7 rings (SSSR count). The molecule has 4 aliphatic rings. The third kappa shape index (κ3) is 4.96. The number of hydroxylamine groups is 2. The number of Topliss-reactive ketones (excluding diaryl/α,β-unsaturated/α-hetero) is 1. The summed E-state index contributed by atoms with van der Waals surface area (Å²) in [6.07, 6.45) is 2.24. The molecule has 3 aliphatic heterocycles. The van der Waals surface area contributed by atoms with Gasteiger partial charge in [-0.25, -0.2) is 9.78 Å². The van der Waals surface area contributed by atoms with Crippen LogP contribution in [0.4, 0.5) is 0 Å². The number of aryl methyl sites for hydroxylation is 3. The van der Waals surface area contributed by atoms with Crippen LogP contribution in [0, 0.1) is 13.8 Å². The van der Waals surface area contributed by atoms with Crippen molar-refractivity contribution in [2.45, 2.75) is 98.3 Å². The third-order valence-corrected chi connectivity index (χ3v) is 11.3. The van der Waals surface area contributed by atoms with Gasteiger partial charge in [0.2, 0.25) is 0 Å². The van der Waals surface area contributed by atoms with E-state index >= 15 is 0 Å². The largest absolute Gasteiger partial charge is 0.354 e. The van der Waals surface area contributed by atoms with E-state index in [9.17, 15) is 19.2 Å². The summed E-state index contributed by atoms with van der Waals surface area (Å²) in [5.41, 5.74) is 13.9. The number of nitrogens with zero attached hydrogens (tertiary/aromatic N) is 3. The minimum Gasteiger partial charge on any atom is -0.354 e. The van der Waals surface area contributed by atoms with Crippen LogP contribution in [0.15, 0.2) is 16.6 Å². The summed E-state index contributed by atoms with van der Waals surface area (Å²) in [6, 6.07) is 4.18. The number of fused-ring (bicyclic) bond motifs is 8. The highest BCUT2D eigenvalue weighted by atomic mass is 79.9. The van der Waals surface area contributed by atoms with E-state index in [2.05, 4.69) is 72.6 Å². The number of H-pyrrole nitrogens is 2. The highest BCUT2D eigenvalue weighted by Gasteiger charge is 2.38. The number of carbonyl (C=O) groups is 4. The Labute approximate surface area is 286 Å². The smallest absolute Gasteiger partial charge is 0.333 e. The number of imide groups is 1. The van der Waals surface area contributed by atoms with Gasteiger partial charge in [-0.3, -0.25) is 19.4 Å². The molecule has 3 aromatic rings. The summed E-state index contributed by atoms with van der Waals surface area (Å²) in [6.45, 7) is 12.6. The normalized spacial score (nSPS) is 18.9. The highest BCUT2D eigenvalue weighted by molar-refractivity contribution is 9.10. The Morgan fingerprint density at radius 3 is 2.31 bits per heavy atom. The summed E-state index contributed by atoms with van der Waals surface area (Å²) in [5, 5.41) is 0.587. The molecule has 11 heteroatoms. The van der Waals surface area contributed by atoms with E-state index in [-0.39, 0.29) is 43.3 Å². The van der Waals surface area contributed by atoms with Crippen LogP contribution < -0.4 is 0 Å². The zero-order chi connectivity index (χ0) is 34.2. The van der Waals surface area contributed by atoms with Crippen molar-refractivity contribution in [3.63, 3.8) is 0 Å². The Bertz CT molecular complexity index is 2160. The number of ketones is 1. The molecule has 1 saturated heterocycles. The molecule has 0 saturated carbocycles. The quantitative estimate of drug-likeness (QED) is 0.251. The van der Waals surface area contributed by atoms with E-state index in [1.54, 1.807) is 0 Å². The first-order valence-electron chi connectivity index (χ1n) is 16.7. The molecule has 6 heterocycles. The van der Waals surface area contributed by atoms with Crippen molar-refractivity contribution in [3.8, 4) is 0 Å². The van der Waals surface area contributed by atoms with Gasteiger partial charge in [0.15, 0.2) is 5.78 Å². The van der Waals surface area contributed by atoms with Crippen LogP contribution >= 0.6 is 15.9 Å². The van der Waals surface area contributed by atoms with Crippen molar-refractivity contribution in [2.75, 3.05) is 0 Å². The molecule has 0 spiro atoms. The minimum absolute atomic E-state index is 0.0272. The summed E-state index contributed by atoms with van der Waals surface area (Å²) >= 11 is 3.93. The van der Waals surface area contributed by atoms with E-state index in [4.69, 9.17) is 14.8 Å². The molecule has 1 fully saturated rings. The van der Waals surface area contributed by atoms with Gasteiger partial charge in [-0.1, -0.05) is 20.8 Å². The van der Waals surface area contributed by atoms with Gasteiger partial charge in [-0.05, 0) is 95.9 Å². The maximum Gasteiger partial charge on any atom is 0.333 e. The van der Waals surface area contributed by atoms with E-state index in [0.717, 1.165) is 84.4 Å². The maximum atomic E-state index is 13.6. The number of allylic oxidation sites excluding steroid dienone is 2. The summed E-state index contributed by atoms with van der Waals surface area (Å²) < 4.78 is 0.828. The molecule has 2 N–H and O–H groups in total. The molecule has 3 aromatic heterocycles. The Balaban J connectivity index is 1.46. The number of rotatable bonds is 6. The lowest BCUT2D eigenvalue weighted by molar-refractivity contribution is -0.197. The van der Waals surface area contributed by atoms with E-state index in [0.29, 0.717) is 17.0 Å². The minimum atomic E-state index is -0.655. The van der Waals surface area contributed by atoms with Gasteiger partial charge in [0.1, 0.15) is 0 Å². The lowest BCUT2D eigenvalue weighted by Crippen LogP contribution is -2.32. The predicted octanol–water partition coefficient (Wildman–Crippen LogP) is 7.61. The van der Waals surface area contributed by atoms with Crippen molar-refractivity contribution in [3.05, 3.63) is 67.2 Å². The molecule has 1 aliphatic carbocycles. The average Bonchev–Trinajstić information content (AvgIpc) is 3.86. The van der Waals surface area contributed by atoms with Gasteiger partial charge in [0.25, 0.3) is 11.8 Å². The summed E-state index contributed by atoms with van der Waals surface area (Å²) in [5.74, 6) is -2.01. The Morgan fingerprint density at radius 2 is 1.62 bits per heavy atom. The number of hydrogen-bond donors (Lipinski definition) is 2. The monoisotopic (exact) mass is 711 g/mol. The molecule has 0 aromatic carbocycles. The van der Waals surface area contributed by atoms with Crippen molar-refractivity contribution >= 4 is 72.7 Å². The molecule has 2 atom stereocenters. The molecular weight excluding hydrogens is 674 g/mol. The zero-order valence-corrected chi connectivity index (χ0v) is 29.6. The van der Waals surface area contributed by atoms with Gasteiger partial charge >= 0.3 is 5.97 Å². The van der Waals surface area contributed by atoms with Gasteiger partial charge in [0, 0.05) is 59.7 Å². The number of halogens is 1. The number of amides is 2.